The van der Waals surface area contributed by atoms with Crippen molar-refractivity contribution in [3.05, 3.63) is 24.3 Å². The molecule has 1 heterocycles. The molecule has 27 heavy (non-hydrogen) atoms. The summed E-state index contributed by atoms with van der Waals surface area (Å²) in [5, 5.41) is 48.0. The van der Waals surface area contributed by atoms with Crippen molar-refractivity contribution in [1.29, 1.82) is 0 Å². The summed E-state index contributed by atoms with van der Waals surface area (Å²) in [5.74, 6) is 10.9. The number of allylic oxidation sites excluding steroid dienone is 4. The summed E-state index contributed by atoms with van der Waals surface area (Å²) in [5.41, 5.74) is 0. The van der Waals surface area contributed by atoms with Gasteiger partial charge in [-0.05, 0) is 50.2 Å². The van der Waals surface area contributed by atoms with E-state index in [9.17, 15) is 25.5 Å². The zero-order chi connectivity index (χ0) is 20.1. The number of ether oxygens (including phenoxy) is 2. The molecule has 0 bridgehead atoms. The third-order valence-electron chi connectivity index (χ3n) is 3.94. The maximum Gasteiger partial charge on any atom is 0.186 e. The Balaban J connectivity index is 2.54. The molecule has 7 nitrogen and oxygen atoms in total. The van der Waals surface area contributed by atoms with Crippen molar-refractivity contribution < 1.29 is 35.0 Å². The molecule has 5 N–H and O–H groups in total. The van der Waals surface area contributed by atoms with Crippen molar-refractivity contribution in [1.82, 2.24) is 0 Å². The fourth-order valence-electron chi connectivity index (χ4n) is 2.46. The molecule has 1 rings (SSSR count). The maximum absolute atomic E-state index is 10.0. The number of hydrogen-bond donors (Lipinski definition) is 5. The molecule has 7 heteroatoms. The van der Waals surface area contributed by atoms with Gasteiger partial charge in [-0.25, -0.2) is 0 Å². The van der Waals surface area contributed by atoms with Gasteiger partial charge in [0.2, 0.25) is 0 Å². The topological polar surface area (TPSA) is 120 Å². The molecule has 0 aromatic rings. The lowest BCUT2D eigenvalue weighted by atomic mass is 9.99. The highest BCUT2D eigenvalue weighted by molar-refractivity contribution is 5.33. The largest absolute Gasteiger partial charge is 0.396 e. The lowest BCUT2D eigenvalue weighted by Gasteiger charge is -2.40. The van der Waals surface area contributed by atoms with E-state index in [4.69, 9.17) is 9.47 Å². The van der Waals surface area contributed by atoms with Gasteiger partial charge in [0.05, 0.1) is 12.7 Å². The molecule has 0 radical (unpaired) electrons. The van der Waals surface area contributed by atoms with Crippen molar-refractivity contribution in [3.8, 4) is 23.7 Å². The summed E-state index contributed by atoms with van der Waals surface area (Å²) < 4.78 is 11.0. The molecule has 1 fully saturated rings. The zero-order valence-electron chi connectivity index (χ0n) is 15.4. The molecule has 0 unspecified atom stereocenters. The normalized spacial score (nSPS) is 29.2. The molecular formula is C20H28O7. The Bertz CT molecular complexity index is 591. The number of hydrogen-bond acceptors (Lipinski definition) is 7. The molecule has 0 saturated carbocycles. The zero-order valence-corrected chi connectivity index (χ0v) is 15.4. The first-order valence-corrected chi connectivity index (χ1v) is 8.89. The van der Waals surface area contributed by atoms with Crippen LogP contribution in [0, 0.1) is 23.7 Å². The van der Waals surface area contributed by atoms with Crippen LogP contribution in [-0.4, -0.2) is 75.6 Å². The number of rotatable bonds is 8. The van der Waals surface area contributed by atoms with Crippen LogP contribution in [0.25, 0.3) is 0 Å². The highest BCUT2D eigenvalue weighted by Crippen LogP contribution is 2.24. The fraction of sp³-hybridized carbons (Fsp3) is 0.600. The van der Waals surface area contributed by atoms with Crippen molar-refractivity contribution in [2.75, 3.05) is 13.2 Å². The van der Waals surface area contributed by atoms with Gasteiger partial charge in [-0.1, -0.05) is 24.0 Å². The average Bonchev–Trinajstić information content (AvgIpc) is 2.67. The Morgan fingerprint density at radius 3 is 2.33 bits per heavy atom. The molecule has 0 aliphatic carbocycles. The molecule has 1 aliphatic rings. The Kier molecular flexibility index (Phi) is 11.7. The van der Waals surface area contributed by atoms with Gasteiger partial charge in [-0.15, -0.1) is 0 Å². The molecule has 1 saturated heterocycles. The van der Waals surface area contributed by atoms with Gasteiger partial charge in [0.25, 0.3) is 0 Å². The first kappa shape index (κ1) is 23.4. The van der Waals surface area contributed by atoms with Gasteiger partial charge in [-0.2, -0.15) is 0 Å². The van der Waals surface area contributed by atoms with Crippen molar-refractivity contribution in [2.24, 2.45) is 0 Å². The van der Waals surface area contributed by atoms with Crippen molar-refractivity contribution in [3.63, 3.8) is 0 Å². The Morgan fingerprint density at radius 2 is 1.70 bits per heavy atom. The Hall–Kier alpha value is -1.68. The van der Waals surface area contributed by atoms with E-state index in [-0.39, 0.29) is 6.61 Å². The van der Waals surface area contributed by atoms with E-state index < -0.39 is 43.4 Å². The second kappa shape index (κ2) is 13.5. The van der Waals surface area contributed by atoms with Crippen LogP contribution in [0.15, 0.2) is 24.3 Å². The van der Waals surface area contributed by atoms with Crippen LogP contribution in [0.5, 0.6) is 0 Å². The van der Waals surface area contributed by atoms with Gasteiger partial charge in [0.1, 0.15) is 24.4 Å². The van der Waals surface area contributed by atoms with E-state index in [0.29, 0.717) is 19.3 Å². The Morgan fingerprint density at radius 1 is 1.00 bits per heavy atom. The predicted molar refractivity (Wildman–Crippen MR) is 99.1 cm³/mol. The minimum absolute atomic E-state index is 0.119. The molecule has 0 spiro atoms. The third-order valence-corrected chi connectivity index (χ3v) is 3.94. The van der Waals surface area contributed by atoms with Gasteiger partial charge in [0.15, 0.2) is 6.29 Å². The highest BCUT2D eigenvalue weighted by Gasteiger charge is 2.44. The van der Waals surface area contributed by atoms with Crippen molar-refractivity contribution in [2.45, 2.75) is 63.0 Å². The quantitative estimate of drug-likeness (QED) is 0.359. The van der Waals surface area contributed by atoms with E-state index in [1.54, 1.807) is 12.2 Å². The second-order valence-corrected chi connectivity index (χ2v) is 5.99. The summed E-state index contributed by atoms with van der Waals surface area (Å²) in [7, 11) is 0. The molecule has 150 valence electrons. The minimum Gasteiger partial charge on any atom is -0.396 e. The standard InChI is InChI=1S/C20H28O7/c1-2-3-4-5-6-7-8-9-10-11-15(12-13-21)26-20-19(25)18(24)17(23)16(14-22)27-20/h2-3,8-9,15-25H,10-14H2,1H3/b3-2+,9-8+/t15-,16+,17+,18-,19+,20+/m0/s1. The lowest BCUT2D eigenvalue weighted by molar-refractivity contribution is -0.312. The first-order valence-electron chi connectivity index (χ1n) is 8.89. The van der Waals surface area contributed by atoms with Crippen LogP contribution in [0.1, 0.15) is 26.2 Å². The third kappa shape index (κ3) is 8.25. The number of aliphatic hydroxyl groups excluding tert-OH is 5. The summed E-state index contributed by atoms with van der Waals surface area (Å²) in [6.07, 6.45) is 1.43. The van der Waals surface area contributed by atoms with E-state index in [1.807, 2.05) is 19.1 Å². The fourth-order valence-corrected chi connectivity index (χ4v) is 2.46. The summed E-state index contributed by atoms with van der Waals surface area (Å²) in [6, 6.07) is 0. The summed E-state index contributed by atoms with van der Waals surface area (Å²) in [6.45, 7) is 1.23. The summed E-state index contributed by atoms with van der Waals surface area (Å²) in [4.78, 5) is 0. The van der Waals surface area contributed by atoms with Crippen LogP contribution in [0.4, 0.5) is 0 Å². The van der Waals surface area contributed by atoms with Crippen LogP contribution >= 0.6 is 0 Å². The van der Waals surface area contributed by atoms with Gasteiger partial charge < -0.3 is 35.0 Å². The number of aliphatic hydroxyl groups is 5. The minimum atomic E-state index is -1.49. The Labute approximate surface area is 159 Å². The van der Waals surface area contributed by atoms with E-state index in [2.05, 4.69) is 23.7 Å². The smallest absolute Gasteiger partial charge is 0.186 e. The SMILES string of the molecule is C/C=C/C#CC#C/C=C/CC[C@@H](CCO)O[C@@H]1O[C@H](CO)[C@@H](O)[C@H](O)[C@H]1O. The maximum atomic E-state index is 10.0. The molecule has 0 aromatic carbocycles. The highest BCUT2D eigenvalue weighted by atomic mass is 16.7. The molecule has 6 atom stereocenters. The first-order chi connectivity index (χ1) is 13.0. The molecule has 1 aliphatic heterocycles. The van der Waals surface area contributed by atoms with E-state index >= 15 is 0 Å². The predicted octanol–water partition coefficient (Wildman–Crippen LogP) is -0.527. The van der Waals surface area contributed by atoms with E-state index in [0.717, 1.165) is 0 Å². The van der Waals surface area contributed by atoms with Crippen molar-refractivity contribution >= 4 is 0 Å². The van der Waals surface area contributed by atoms with Crippen LogP contribution in [0.3, 0.4) is 0 Å². The summed E-state index contributed by atoms with van der Waals surface area (Å²) >= 11 is 0. The molecule has 0 aromatic heterocycles. The van der Waals surface area contributed by atoms with Gasteiger partial charge in [0, 0.05) is 6.61 Å². The monoisotopic (exact) mass is 380 g/mol. The lowest BCUT2D eigenvalue weighted by Crippen LogP contribution is -2.59. The van der Waals surface area contributed by atoms with Crippen LogP contribution < -0.4 is 0 Å². The average molecular weight is 380 g/mol. The van der Waals surface area contributed by atoms with E-state index in [1.165, 1.54) is 0 Å². The molecule has 0 amide bonds. The molecular weight excluding hydrogens is 352 g/mol. The van der Waals surface area contributed by atoms with Crippen LogP contribution in [-0.2, 0) is 9.47 Å². The van der Waals surface area contributed by atoms with Crippen LogP contribution in [0.2, 0.25) is 0 Å². The second-order valence-electron chi connectivity index (χ2n) is 5.99. The van der Waals surface area contributed by atoms with Gasteiger partial charge in [-0.3, -0.25) is 0 Å². The van der Waals surface area contributed by atoms with Gasteiger partial charge >= 0.3 is 0 Å².